The second kappa shape index (κ2) is 5.43. The van der Waals surface area contributed by atoms with Crippen LogP contribution in [0.25, 0.3) is 0 Å². The molecule has 1 aromatic heterocycles. The Morgan fingerprint density at radius 2 is 1.45 bits per heavy atom. The van der Waals surface area contributed by atoms with E-state index in [1.165, 1.54) is 17.5 Å². The zero-order valence-corrected chi connectivity index (χ0v) is 13.4. The zero-order valence-electron chi connectivity index (χ0n) is 13.4. The molecule has 0 bridgehead atoms. The van der Waals surface area contributed by atoms with E-state index >= 15 is 0 Å². The molecule has 0 N–H and O–H groups in total. The number of nitrogens with zero attached hydrogens (tertiary/aromatic N) is 2. The summed E-state index contributed by atoms with van der Waals surface area (Å²) < 4.78 is 1.89. The van der Waals surface area contributed by atoms with Crippen LogP contribution in [-0.2, 0) is 17.9 Å². The van der Waals surface area contributed by atoms with Crippen LogP contribution in [0.4, 0.5) is 0 Å². The van der Waals surface area contributed by atoms with Crippen molar-refractivity contribution in [2.24, 2.45) is 7.05 Å². The molecule has 0 aliphatic carbocycles. The summed E-state index contributed by atoms with van der Waals surface area (Å²) in [4.78, 5) is 0. The van der Waals surface area contributed by atoms with E-state index in [1.807, 2.05) is 17.9 Å². The molecular formula is C18H26N2. The molecule has 0 fully saturated rings. The summed E-state index contributed by atoms with van der Waals surface area (Å²) in [6.07, 6.45) is 6.45. The summed E-state index contributed by atoms with van der Waals surface area (Å²) in [6.45, 7) is 9.29. The van der Waals surface area contributed by atoms with Crippen LogP contribution in [0.5, 0.6) is 0 Å². The monoisotopic (exact) mass is 270 g/mol. The van der Waals surface area contributed by atoms with Crippen molar-refractivity contribution in [3.05, 3.63) is 53.9 Å². The maximum atomic E-state index is 4.30. The summed E-state index contributed by atoms with van der Waals surface area (Å²) in [6, 6.07) is 10.8. The fourth-order valence-electron chi connectivity index (χ4n) is 2.57. The van der Waals surface area contributed by atoms with E-state index in [0.29, 0.717) is 0 Å². The summed E-state index contributed by atoms with van der Waals surface area (Å²) in [5, 5.41) is 4.30. The highest BCUT2D eigenvalue weighted by atomic mass is 15.2. The van der Waals surface area contributed by atoms with E-state index < -0.39 is 0 Å². The molecule has 0 unspecified atom stereocenters. The summed E-state index contributed by atoms with van der Waals surface area (Å²) >= 11 is 0. The first-order valence-corrected chi connectivity index (χ1v) is 7.36. The van der Waals surface area contributed by atoms with E-state index in [4.69, 9.17) is 0 Å². The molecule has 2 heteroatoms. The van der Waals surface area contributed by atoms with Gasteiger partial charge in [-0.25, -0.2) is 0 Å². The third kappa shape index (κ3) is 3.30. The first-order valence-electron chi connectivity index (χ1n) is 7.36. The molecule has 2 nitrogen and oxygen atoms in total. The minimum Gasteiger partial charge on any atom is -0.276 e. The molecule has 2 rings (SSSR count). The van der Waals surface area contributed by atoms with Gasteiger partial charge in [-0.05, 0) is 34.8 Å². The molecule has 0 atom stereocenters. The Balaban J connectivity index is 2.07. The molecule has 108 valence electrons. The summed E-state index contributed by atoms with van der Waals surface area (Å²) in [5.74, 6) is 0. The van der Waals surface area contributed by atoms with Gasteiger partial charge in [0.05, 0.1) is 6.20 Å². The van der Waals surface area contributed by atoms with Gasteiger partial charge in [0.15, 0.2) is 0 Å². The standard InChI is InChI=1S/C18H26N2/c1-17(2,15-9-7-6-8-10-15)11-12-18(3,4)16-13-19-20(5)14-16/h6-10,13-14H,11-12H2,1-5H3. The number of hydrogen-bond donors (Lipinski definition) is 0. The number of aromatic nitrogens is 2. The van der Waals surface area contributed by atoms with Crippen molar-refractivity contribution in [3.8, 4) is 0 Å². The maximum absolute atomic E-state index is 4.30. The molecular weight excluding hydrogens is 244 g/mol. The Labute approximate surface area is 122 Å². The lowest BCUT2D eigenvalue weighted by molar-refractivity contribution is 0.374. The van der Waals surface area contributed by atoms with Gasteiger partial charge in [0.25, 0.3) is 0 Å². The third-order valence-electron chi connectivity index (χ3n) is 4.42. The van der Waals surface area contributed by atoms with Gasteiger partial charge in [-0.15, -0.1) is 0 Å². The number of aryl methyl sites for hydroxylation is 1. The predicted octanol–water partition coefficient (Wildman–Crippen LogP) is 4.46. The zero-order chi connectivity index (χ0) is 14.8. The summed E-state index contributed by atoms with van der Waals surface area (Å²) in [5.41, 5.74) is 3.12. The highest BCUT2D eigenvalue weighted by molar-refractivity contribution is 5.24. The Hall–Kier alpha value is -1.57. The van der Waals surface area contributed by atoms with Gasteiger partial charge >= 0.3 is 0 Å². The number of hydrogen-bond acceptors (Lipinski definition) is 1. The van der Waals surface area contributed by atoms with Crippen LogP contribution in [0.2, 0.25) is 0 Å². The van der Waals surface area contributed by atoms with Gasteiger partial charge in [0, 0.05) is 13.2 Å². The van der Waals surface area contributed by atoms with Gasteiger partial charge in [-0.3, -0.25) is 4.68 Å². The van der Waals surface area contributed by atoms with Gasteiger partial charge < -0.3 is 0 Å². The topological polar surface area (TPSA) is 17.8 Å². The molecule has 2 aromatic rings. The lowest BCUT2D eigenvalue weighted by Crippen LogP contribution is -2.24. The average Bonchev–Trinajstić information content (AvgIpc) is 2.85. The first-order chi connectivity index (χ1) is 9.31. The fraction of sp³-hybridized carbons (Fsp3) is 0.500. The fourth-order valence-corrected chi connectivity index (χ4v) is 2.57. The summed E-state index contributed by atoms with van der Waals surface area (Å²) in [7, 11) is 1.98. The normalized spacial score (nSPS) is 12.7. The minimum atomic E-state index is 0.167. The van der Waals surface area contributed by atoms with E-state index in [2.05, 4.69) is 69.3 Å². The van der Waals surface area contributed by atoms with Crippen LogP contribution >= 0.6 is 0 Å². The largest absolute Gasteiger partial charge is 0.276 e. The first kappa shape index (κ1) is 14.8. The molecule has 0 aliphatic rings. The second-order valence-electron chi connectivity index (χ2n) is 7.04. The van der Waals surface area contributed by atoms with Crippen molar-refractivity contribution in [1.29, 1.82) is 0 Å². The molecule has 20 heavy (non-hydrogen) atoms. The molecule has 0 saturated carbocycles. The van der Waals surface area contributed by atoms with Gasteiger partial charge in [-0.2, -0.15) is 5.10 Å². The van der Waals surface area contributed by atoms with E-state index in [1.54, 1.807) is 0 Å². The number of benzene rings is 1. The van der Waals surface area contributed by atoms with Crippen LogP contribution in [-0.4, -0.2) is 9.78 Å². The molecule has 0 radical (unpaired) electrons. The lowest BCUT2D eigenvalue weighted by Gasteiger charge is -2.31. The Morgan fingerprint density at radius 3 is 1.95 bits per heavy atom. The van der Waals surface area contributed by atoms with Crippen LogP contribution < -0.4 is 0 Å². The van der Waals surface area contributed by atoms with Crippen molar-refractivity contribution < 1.29 is 0 Å². The van der Waals surface area contributed by atoms with Gasteiger partial charge in [-0.1, -0.05) is 58.0 Å². The smallest absolute Gasteiger partial charge is 0.0527 e. The van der Waals surface area contributed by atoms with Crippen LogP contribution in [0.15, 0.2) is 42.7 Å². The predicted molar refractivity (Wildman–Crippen MR) is 84.9 cm³/mol. The Bertz CT molecular complexity index is 550. The highest BCUT2D eigenvalue weighted by Gasteiger charge is 2.27. The molecule has 0 saturated heterocycles. The van der Waals surface area contributed by atoms with Crippen molar-refractivity contribution in [2.75, 3.05) is 0 Å². The third-order valence-corrected chi connectivity index (χ3v) is 4.42. The van der Waals surface area contributed by atoms with Gasteiger partial charge in [0.1, 0.15) is 0 Å². The van der Waals surface area contributed by atoms with Gasteiger partial charge in [0.2, 0.25) is 0 Å². The minimum absolute atomic E-state index is 0.167. The second-order valence-corrected chi connectivity index (χ2v) is 7.04. The number of rotatable bonds is 5. The SMILES string of the molecule is Cn1cc(C(C)(C)CCC(C)(C)c2ccccc2)cn1. The Kier molecular flexibility index (Phi) is 4.03. The molecule has 0 spiro atoms. The molecule has 0 amide bonds. The Morgan fingerprint density at radius 1 is 0.900 bits per heavy atom. The van der Waals surface area contributed by atoms with Crippen LogP contribution in [0.3, 0.4) is 0 Å². The van der Waals surface area contributed by atoms with E-state index in [-0.39, 0.29) is 10.8 Å². The quantitative estimate of drug-likeness (QED) is 0.784. The van der Waals surface area contributed by atoms with Crippen molar-refractivity contribution in [2.45, 2.75) is 51.4 Å². The highest BCUT2D eigenvalue weighted by Crippen LogP contribution is 2.35. The molecule has 0 aliphatic heterocycles. The van der Waals surface area contributed by atoms with E-state index in [9.17, 15) is 0 Å². The molecule has 1 aromatic carbocycles. The van der Waals surface area contributed by atoms with Crippen LogP contribution in [0, 0.1) is 0 Å². The lowest BCUT2D eigenvalue weighted by atomic mass is 9.73. The van der Waals surface area contributed by atoms with Crippen LogP contribution in [0.1, 0.15) is 51.7 Å². The van der Waals surface area contributed by atoms with Crippen molar-refractivity contribution in [1.82, 2.24) is 9.78 Å². The van der Waals surface area contributed by atoms with E-state index in [0.717, 1.165) is 6.42 Å². The average molecular weight is 270 g/mol. The maximum Gasteiger partial charge on any atom is 0.0527 e. The van der Waals surface area contributed by atoms with Crippen molar-refractivity contribution >= 4 is 0 Å². The molecule has 1 heterocycles. The van der Waals surface area contributed by atoms with Crippen molar-refractivity contribution in [3.63, 3.8) is 0 Å².